The monoisotopic (exact) mass is 480 g/mol. The van der Waals surface area contributed by atoms with E-state index in [9.17, 15) is 9.59 Å². The van der Waals surface area contributed by atoms with Crippen LogP contribution >= 0.6 is 11.6 Å². The second-order valence-electron chi connectivity index (χ2n) is 7.88. The first-order valence-electron chi connectivity index (χ1n) is 10.6. The third-order valence-electron chi connectivity index (χ3n) is 6.05. The molecule has 3 aromatic carbocycles. The molecule has 1 aliphatic rings. The fourth-order valence-corrected chi connectivity index (χ4v) is 4.58. The van der Waals surface area contributed by atoms with Gasteiger partial charge in [-0.15, -0.1) is 0 Å². The summed E-state index contributed by atoms with van der Waals surface area (Å²) in [5, 5.41) is 3.29. The Labute approximate surface area is 203 Å². The number of ether oxygens (including phenoxy) is 3. The fraction of sp³-hybridized carbons (Fsp3) is 0.231. The average molecular weight is 481 g/mol. The minimum atomic E-state index is -0.683. The molecule has 0 aliphatic carbocycles. The zero-order valence-electron chi connectivity index (χ0n) is 19.3. The van der Waals surface area contributed by atoms with Gasteiger partial charge in [0.05, 0.1) is 44.0 Å². The van der Waals surface area contributed by atoms with Gasteiger partial charge in [-0.3, -0.25) is 9.59 Å². The Morgan fingerprint density at radius 1 is 0.941 bits per heavy atom. The summed E-state index contributed by atoms with van der Waals surface area (Å²) in [5.41, 5.74) is 2.37. The van der Waals surface area contributed by atoms with Crippen LogP contribution in [0.4, 0.5) is 5.69 Å². The highest BCUT2D eigenvalue weighted by molar-refractivity contribution is 6.32. The first-order chi connectivity index (χ1) is 16.4. The van der Waals surface area contributed by atoms with E-state index < -0.39 is 12.0 Å². The van der Waals surface area contributed by atoms with E-state index in [1.807, 2.05) is 36.4 Å². The van der Waals surface area contributed by atoms with Crippen molar-refractivity contribution in [3.63, 3.8) is 0 Å². The molecule has 0 unspecified atom stereocenters. The van der Waals surface area contributed by atoms with Crippen LogP contribution in [-0.2, 0) is 4.79 Å². The number of likely N-dealkylation sites (N-methyl/N-ethyl adjacent to an activating group) is 1. The number of nitrogens with one attached hydrogen (secondary N) is 1. The van der Waals surface area contributed by atoms with Crippen molar-refractivity contribution in [1.82, 2.24) is 4.90 Å². The van der Waals surface area contributed by atoms with Crippen LogP contribution in [0.2, 0.25) is 5.02 Å². The summed E-state index contributed by atoms with van der Waals surface area (Å²) < 4.78 is 16.0. The predicted octanol–water partition coefficient (Wildman–Crippen LogP) is 4.92. The van der Waals surface area contributed by atoms with Crippen molar-refractivity contribution in [3.05, 3.63) is 82.4 Å². The van der Waals surface area contributed by atoms with Crippen LogP contribution in [0.3, 0.4) is 0 Å². The van der Waals surface area contributed by atoms with E-state index in [1.165, 1.54) is 14.2 Å². The zero-order chi connectivity index (χ0) is 24.4. The number of rotatable bonds is 6. The molecule has 0 fully saturated rings. The maximum absolute atomic E-state index is 13.8. The molecule has 1 aliphatic heterocycles. The molecule has 3 aromatic rings. The largest absolute Gasteiger partial charge is 0.497 e. The summed E-state index contributed by atoms with van der Waals surface area (Å²) in [5.74, 6) is 0.396. The van der Waals surface area contributed by atoms with Crippen molar-refractivity contribution in [1.29, 1.82) is 0 Å². The van der Waals surface area contributed by atoms with Crippen molar-refractivity contribution < 1.29 is 23.8 Å². The van der Waals surface area contributed by atoms with Crippen molar-refractivity contribution in [2.45, 2.75) is 12.0 Å². The van der Waals surface area contributed by atoms with Gasteiger partial charge >= 0.3 is 0 Å². The minimum absolute atomic E-state index is 0.148. The highest BCUT2D eigenvalue weighted by Gasteiger charge is 2.42. The Bertz CT molecular complexity index is 1230. The van der Waals surface area contributed by atoms with Crippen molar-refractivity contribution in [2.24, 2.45) is 0 Å². The maximum Gasteiger partial charge on any atom is 0.254 e. The van der Waals surface area contributed by atoms with Crippen molar-refractivity contribution in [2.75, 3.05) is 33.7 Å². The van der Waals surface area contributed by atoms with Crippen LogP contribution < -0.4 is 19.5 Å². The third kappa shape index (κ3) is 4.15. The molecule has 0 saturated heterocycles. The Balaban J connectivity index is 1.80. The molecular weight excluding hydrogens is 456 g/mol. The normalized spacial score (nSPS) is 17.1. The highest BCUT2D eigenvalue weighted by Crippen LogP contribution is 2.44. The molecule has 7 nitrogen and oxygen atoms in total. The summed E-state index contributed by atoms with van der Waals surface area (Å²) in [6, 6.07) is 17.2. The molecule has 34 heavy (non-hydrogen) atoms. The number of nitrogens with zero attached hydrogens (tertiary/aromatic N) is 1. The molecular formula is C26H25ClN2O5. The van der Waals surface area contributed by atoms with Crippen LogP contribution in [0.1, 0.15) is 33.4 Å². The number of amides is 2. The standard InChI is InChI=1S/C26H25ClN2O5/c1-29-24(15-9-11-16(32-2)12-10-15)23(17-7-5-6-8-18(17)26(29)31)25(30)28-20-13-19(27)21(33-3)14-22(20)34-4/h5-14,23-24H,1-4H3,(H,28,30)/t23-,24+/m1/s1. The lowest BCUT2D eigenvalue weighted by atomic mass is 9.79. The molecule has 0 spiro atoms. The number of benzene rings is 3. The lowest BCUT2D eigenvalue weighted by Crippen LogP contribution is -2.44. The topological polar surface area (TPSA) is 77.1 Å². The van der Waals surface area contributed by atoms with Crippen LogP contribution in [0.25, 0.3) is 0 Å². The summed E-state index contributed by atoms with van der Waals surface area (Å²) in [6.07, 6.45) is 0. The number of anilines is 1. The van der Waals surface area contributed by atoms with Gasteiger partial charge < -0.3 is 24.4 Å². The third-order valence-corrected chi connectivity index (χ3v) is 6.35. The molecule has 2 amide bonds. The van der Waals surface area contributed by atoms with E-state index in [-0.39, 0.29) is 11.8 Å². The second-order valence-corrected chi connectivity index (χ2v) is 8.28. The Morgan fingerprint density at radius 2 is 1.62 bits per heavy atom. The molecule has 1 heterocycles. The van der Waals surface area contributed by atoms with Gasteiger partial charge in [-0.25, -0.2) is 0 Å². The van der Waals surface area contributed by atoms with Crippen LogP contribution in [0.5, 0.6) is 17.2 Å². The number of hydrogen-bond acceptors (Lipinski definition) is 5. The van der Waals surface area contributed by atoms with E-state index in [4.69, 9.17) is 25.8 Å². The highest BCUT2D eigenvalue weighted by atomic mass is 35.5. The van der Waals surface area contributed by atoms with Crippen molar-refractivity contribution >= 4 is 29.1 Å². The quantitative estimate of drug-likeness (QED) is 0.542. The smallest absolute Gasteiger partial charge is 0.254 e. The maximum atomic E-state index is 13.8. The summed E-state index contributed by atoms with van der Waals surface area (Å²) in [4.78, 5) is 28.6. The number of carbonyl (C=O) groups excluding carboxylic acids is 2. The van der Waals surface area contributed by atoms with E-state index in [1.54, 1.807) is 43.3 Å². The molecule has 0 radical (unpaired) electrons. The number of halogens is 1. The lowest BCUT2D eigenvalue weighted by Gasteiger charge is -2.39. The molecule has 2 atom stereocenters. The summed E-state index contributed by atoms with van der Waals surface area (Å²) in [7, 11) is 6.30. The Morgan fingerprint density at radius 3 is 2.26 bits per heavy atom. The van der Waals surface area contributed by atoms with Gasteiger partial charge in [-0.2, -0.15) is 0 Å². The van der Waals surface area contributed by atoms with Crippen LogP contribution in [-0.4, -0.2) is 45.1 Å². The van der Waals surface area contributed by atoms with Gasteiger partial charge in [0.2, 0.25) is 5.91 Å². The van der Waals surface area contributed by atoms with Gasteiger partial charge in [0, 0.05) is 18.7 Å². The van der Waals surface area contributed by atoms with Crippen LogP contribution in [0, 0.1) is 0 Å². The van der Waals surface area contributed by atoms with Gasteiger partial charge in [0.1, 0.15) is 17.2 Å². The van der Waals surface area contributed by atoms with Gasteiger partial charge in [0.25, 0.3) is 5.91 Å². The predicted molar refractivity (Wildman–Crippen MR) is 130 cm³/mol. The minimum Gasteiger partial charge on any atom is -0.497 e. The van der Waals surface area contributed by atoms with E-state index in [0.717, 1.165) is 5.56 Å². The molecule has 4 rings (SSSR count). The van der Waals surface area contributed by atoms with Gasteiger partial charge in [-0.1, -0.05) is 41.9 Å². The molecule has 0 aromatic heterocycles. The molecule has 1 N–H and O–H groups in total. The Kier molecular flexibility index (Phi) is 6.65. The molecule has 176 valence electrons. The number of hydrogen-bond donors (Lipinski definition) is 1. The fourth-order valence-electron chi connectivity index (χ4n) is 4.34. The van der Waals surface area contributed by atoms with E-state index in [0.29, 0.717) is 39.1 Å². The molecule has 8 heteroatoms. The van der Waals surface area contributed by atoms with E-state index in [2.05, 4.69) is 5.32 Å². The lowest BCUT2D eigenvalue weighted by molar-refractivity contribution is -0.119. The number of methoxy groups -OCH3 is 3. The van der Waals surface area contributed by atoms with E-state index >= 15 is 0 Å². The number of fused-ring (bicyclic) bond motifs is 1. The molecule has 0 bridgehead atoms. The van der Waals surface area contributed by atoms with Gasteiger partial charge in [-0.05, 0) is 35.4 Å². The number of carbonyl (C=O) groups is 2. The van der Waals surface area contributed by atoms with Gasteiger partial charge in [0.15, 0.2) is 0 Å². The first kappa shape index (κ1) is 23.4. The SMILES string of the molecule is COc1ccc([C@H]2[C@H](C(=O)Nc3cc(Cl)c(OC)cc3OC)c3ccccc3C(=O)N2C)cc1. The van der Waals surface area contributed by atoms with Crippen molar-refractivity contribution in [3.8, 4) is 17.2 Å². The summed E-state index contributed by atoms with van der Waals surface area (Å²) in [6.45, 7) is 0. The summed E-state index contributed by atoms with van der Waals surface area (Å²) >= 11 is 6.31. The van der Waals surface area contributed by atoms with Crippen LogP contribution in [0.15, 0.2) is 60.7 Å². The zero-order valence-corrected chi connectivity index (χ0v) is 20.1. The average Bonchev–Trinajstić information content (AvgIpc) is 2.86. The second kappa shape index (κ2) is 9.65. The first-order valence-corrected chi connectivity index (χ1v) is 11.0. The Hall–Kier alpha value is -3.71. The molecule has 0 saturated carbocycles.